The second-order valence-corrected chi connectivity index (χ2v) is 11.0. The van der Waals surface area contributed by atoms with E-state index in [9.17, 15) is 14.4 Å². The highest BCUT2D eigenvalue weighted by Gasteiger charge is 2.25. The average Bonchev–Trinajstić information content (AvgIpc) is 3.33. The normalized spacial score (nSPS) is 13.1. The molecule has 2 amide bonds. The highest BCUT2D eigenvalue weighted by atomic mass is 35.5. The number of hydrogen-bond acceptors (Lipinski definition) is 6. The number of nitrogens with two attached hydrogens (primary N) is 1. The molecule has 0 bridgehead atoms. The number of carbonyl (C=O) groups is 2. The molecule has 34 heavy (non-hydrogen) atoms. The summed E-state index contributed by atoms with van der Waals surface area (Å²) in [6.07, 6.45) is 5.09. The molecule has 0 atom stereocenters. The van der Waals surface area contributed by atoms with Gasteiger partial charge in [-0.05, 0) is 55.9 Å². The van der Waals surface area contributed by atoms with Gasteiger partial charge < -0.3 is 11.1 Å². The number of halogens is 1. The third-order valence-corrected chi connectivity index (χ3v) is 8.44. The number of fused-ring (bicyclic) bond motifs is 2. The average molecular weight is 513 g/mol. The first kappa shape index (κ1) is 22.8. The molecule has 0 radical (unpaired) electrons. The van der Waals surface area contributed by atoms with Crippen LogP contribution in [0.15, 0.2) is 35.4 Å². The lowest BCUT2D eigenvalue weighted by Crippen LogP contribution is -2.28. The molecular weight excluding hydrogens is 492 g/mol. The van der Waals surface area contributed by atoms with E-state index in [2.05, 4.69) is 10.3 Å². The Hall–Kier alpha value is -3.01. The van der Waals surface area contributed by atoms with Crippen LogP contribution in [0.25, 0.3) is 21.3 Å². The van der Waals surface area contributed by atoms with Crippen LogP contribution in [0.1, 0.15) is 38.5 Å². The Balaban J connectivity index is 1.48. The summed E-state index contributed by atoms with van der Waals surface area (Å²) in [5.41, 5.74) is 8.33. The maximum atomic E-state index is 13.4. The summed E-state index contributed by atoms with van der Waals surface area (Å²) < 4.78 is 1.29. The monoisotopic (exact) mass is 512 g/mol. The number of aromatic nitrogens is 2. The Morgan fingerprint density at radius 3 is 2.65 bits per heavy atom. The molecule has 174 valence electrons. The van der Waals surface area contributed by atoms with Gasteiger partial charge in [0.2, 0.25) is 5.91 Å². The Kier molecular flexibility index (Phi) is 6.01. The van der Waals surface area contributed by atoms with Crippen molar-refractivity contribution in [1.82, 2.24) is 9.55 Å². The quantitative estimate of drug-likeness (QED) is 0.401. The number of amides is 2. The van der Waals surface area contributed by atoms with Crippen LogP contribution in [0.3, 0.4) is 0 Å². The minimum atomic E-state index is -0.545. The number of rotatable bonds is 5. The van der Waals surface area contributed by atoms with E-state index in [-0.39, 0.29) is 12.1 Å². The predicted octanol–water partition coefficient (Wildman–Crippen LogP) is 4.76. The number of hydrogen-bond donors (Lipinski definition) is 2. The van der Waals surface area contributed by atoms with Crippen molar-refractivity contribution in [3.8, 4) is 11.1 Å². The largest absolute Gasteiger partial charge is 0.365 e. The fourth-order valence-corrected chi connectivity index (χ4v) is 6.89. The molecule has 1 aromatic carbocycles. The van der Waals surface area contributed by atoms with Crippen molar-refractivity contribution in [3.05, 3.63) is 66.9 Å². The molecule has 0 spiro atoms. The molecule has 3 aromatic heterocycles. The first-order valence-electron chi connectivity index (χ1n) is 10.8. The zero-order valence-electron chi connectivity index (χ0n) is 18.3. The molecule has 5 rings (SSSR count). The van der Waals surface area contributed by atoms with Gasteiger partial charge in [0.05, 0.1) is 17.3 Å². The number of aryl methyl sites for hydroxylation is 2. The summed E-state index contributed by atoms with van der Waals surface area (Å²) in [5.74, 6) is -0.958. The van der Waals surface area contributed by atoms with Crippen LogP contribution in [0.2, 0.25) is 5.02 Å². The highest BCUT2D eigenvalue weighted by Crippen LogP contribution is 2.38. The number of benzene rings is 1. The SMILES string of the molecule is Cc1sc2ncn(CC(=O)Nc3sc4c(c3C(N)=O)CCCC4)c(=O)c2c1-c1ccc(Cl)cc1. The van der Waals surface area contributed by atoms with E-state index in [1.54, 1.807) is 12.1 Å². The fraction of sp³-hybridized carbons (Fsp3) is 0.250. The van der Waals surface area contributed by atoms with Crippen LogP contribution < -0.4 is 16.6 Å². The van der Waals surface area contributed by atoms with Gasteiger partial charge in [-0.3, -0.25) is 19.0 Å². The smallest absolute Gasteiger partial charge is 0.263 e. The number of nitrogens with one attached hydrogen (secondary N) is 1. The molecule has 0 saturated heterocycles. The first-order valence-corrected chi connectivity index (χ1v) is 12.8. The number of nitrogens with zero attached hydrogens (tertiary/aromatic N) is 2. The Morgan fingerprint density at radius 2 is 1.91 bits per heavy atom. The van der Waals surface area contributed by atoms with Crippen LogP contribution in [0.5, 0.6) is 0 Å². The topological polar surface area (TPSA) is 107 Å². The maximum Gasteiger partial charge on any atom is 0.263 e. The summed E-state index contributed by atoms with van der Waals surface area (Å²) in [6.45, 7) is 1.72. The standard InChI is InChI=1S/C24H21ClN4O3S2/c1-12-18(13-6-8-14(25)9-7-13)20-22(33-12)27-11-29(24(20)32)10-17(30)28-23-19(21(26)31)15-4-2-3-5-16(15)34-23/h6-9,11H,2-5,10H2,1H3,(H2,26,31)(H,28,30). The minimum Gasteiger partial charge on any atom is -0.365 e. The number of anilines is 1. The molecule has 0 fully saturated rings. The van der Waals surface area contributed by atoms with E-state index < -0.39 is 11.8 Å². The van der Waals surface area contributed by atoms with E-state index in [0.717, 1.165) is 52.1 Å². The second kappa shape index (κ2) is 8.98. The number of carbonyl (C=O) groups excluding carboxylic acids is 2. The summed E-state index contributed by atoms with van der Waals surface area (Å²) in [5, 5.41) is 4.35. The third kappa shape index (κ3) is 4.04. The van der Waals surface area contributed by atoms with Gasteiger partial charge in [0.1, 0.15) is 16.4 Å². The van der Waals surface area contributed by atoms with Crippen LogP contribution in [0.4, 0.5) is 5.00 Å². The zero-order chi connectivity index (χ0) is 24.0. The minimum absolute atomic E-state index is 0.225. The Bertz CT molecular complexity index is 1500. The van der Waals surface area contributed by atoms with Gasteiger partial charge >= 0.3 is 0 Å². The Morgan fingerprint density at radius 1 is 1.18 bits per heavy atom. The van der Waals surface area contributed by atoms with Gasteiger partial charge in [-0.15, -0.1) is 22.7 Å². The molecule has 0 unspecified atom stereocenters. The van der Waals surface area contributed by atoms with Gasteiger partial charge in [-0.1, -0.05) is 23.7 Å². The molecule has 3 N–H and O–H groups in total. The molecule has 0 aliphatic heterocycles. The summed E-state index contributed by atoms with van der Waals surface area (Å²) >= 11 is 8.86. The maximum absolute atomic E-state index is 13.4. The fourth-order valence-electron chi connectivity index (χ4n) is 4.45. The van der Waals surface area contributed by atoms with Crippen molar-refractivity contribution in [2.24, 2.45) is 5.73 Å². The molecule has 10 heteroatoms. The first-order chi connectivity index (χ1) is 16.3. The number of thiophene rings is 2. The Labute approximate surface area is 208 Å². The van der Waals surface area contributed by atoms with Crippen molar-refractivity contribution in [2.75, 3.05) is 5.32 Å². The third-order valence-electron chi connectivity index (χ3n) is 5.97. The van der Waals surface area contributed by atoms with Gasteiger partial charge in [0.15, 0.2) is 0 Å². The van der Waals surface area contributed by atoms with Gasteiger partial charge in [0.25, 0.3) is 11.5 Å². The number of primary amides is 1. The van der Waals surface area contributed by atoms with Crippen LogP contribution >= 0.6 is 34.3 Å². The van der Waals surface area contributed by atoms with E-state index in [1.807, 2.05) is 19.1 Å². The van der Waals surface area contributed by atoms with Crippen molar-refractivity contribution in [3.63, 3.8) is 0 Å². The summed E-state index contributed by atoms with van der Waals surface area (Å²) in [7, 11) is 0. The highest BCUT2D eigenvalue weighted by molar-refractivity contribution is 7.19. The van der Waals surface area contributed by atoms with Gasteiger partial charge in [0, 0.05) is 20.3 Å². The van der Waals surface area contributed by atoms with E-state index in [1.165, 1.54) is 33.6 Å². The van der Waals surface area contributed by atoms with E-state index in [0.29, 0.717) is 25.8 Å². The van der Waals surface area contributed by atoms with Crippen molar-refractivity contribution >= 4 is 61.3 Å². The van der Waals surface area contributed by atoms with Crippen LogP contribution in [-0.2, 0) is 24.2 Å². The molecule has 0 saturated carbocycles. The molecular formula is C24H21ClN4O3S2. The van der Waals surface area contributed by atoms with E-state index >= 15 is 0 Å². The van der Waals surface area contributed by atoms with Gasteiger partial charge in [-0.2, -0.15) is 0 Å². The lowest BCUT2D eigenvalue weighted by molar-refractivity contribution is -0.116. The molecule has 1 aliphatic carbocycles. The van der Waals surface area contributed by atoms with Crippen LogP contribution in [-0.4, -0.2) is 21.4 Å². The molecule has 7 nitrogen and oxygen atoms in total. The lowest BCUT2D eigenvalue weighted by Gasteiger charge is -2.11. The van der Waals surface area contributed by atoms with Crippen molar-refractivity contribution in [2.45, 2.75) is 39.2 Å². The molecule has 3 heterocycles. The second-order valence-electron chi connectivity index (χ2n) is 8.23. The van der Waals surface area contributed by atoms with Crippen molar-refractivity contribution in [1.29, 1.82) is 0 Å². The zero-order valence-corrected chi connectivity index (χ0v) is 20.7. The van der Waals surface area contributed by atoms with Crippen LogP contribution in [0, 0.1) is 6.92 Å². The lowest BCUT2D eigenvalue weighted by atomic mass is 9.95. The van der Waals surface area contributed by atoms with E-state index in [4.69, 9.17) is 17.3 Å². The molecule has 1 aliphatic rings. The van der Waals surface area contributed by atoms with Crippen molar-refractivity contribution < 1.29 is 9.59 Å². The predicted molar refractivity (Wildman–Crippen MR) is 137 cm³/mol. The summed E-state index contributed by atoms with van der Waals surface area (Å²) in [4.78, 5) is 45.5. The molecule has 4 aromatic rings. The van der Waals surface area contributed by atoms with Gasteiger partial charge in [-0.25, -0.2) is 4.98 Å². The summed E-state index contributed by atoms with van der Waals surface area (Å²) in [6, 6.07) is 7.28.